The maximum Gasteiger partial charge on any atom is 0.200 e. The van der Waals surface area contributed by atoms with Crippen LogP contribution in [0.3, 0.4) is 0 Å². The molecule has 0 atom stereocenters. The number of rotatable bonds is 2. The van der Waals surface area contributed by atoms with Gasteiger partial charge in [0.2, 0.25) is 11.6 Å². The van der Waals surface area contributed by atoms with Crippen LogP contribution in [-0.4, -0.2) is 0 Å². The predicted molar refractivity (Wildman–Crippen MR) is 211 cm³/mol. The molecule has 0 aliphatic rings. The highest BCUT2D eigenvalue weighted by molar-refractivity contribution is 6.31. The van der Waals surface area contributed by atoms with Crippen LogP contribution in [0, 0.1) is 58.2 Å². The highest BCUT2D eigenvalue weighted by Gasteiger charge is 2.30. The molecule has 0 saturated carbocycles. The van der Waals surface area contributed by atoms with E-state index in [-0.39, 0.29) is 11.1 Å². The summed E-state index contributed by atoms with van der Waals surface area (Å²) in [6.07, 6.45) is 0. The van der Waals surface area contributed by atoms with Crippen molar-refractivity contribution in [2.24, 2.45) is 0 Å². The van der Waals surface area contributed by atoms with E-state index >= 15 is 17.6 Å². The number of halogens is 10. The smallest absolute Gasteiger partial charge is 0.200 e. The van der Waals surface area contributed by atoms with Crippen LogP contribution >= 0.6 is 0 Å². The molecule has 292 valence electrons. The minimum absolute atomic E-state index is 0.238. The van der Waals surface area contributed by atoms with Gasteiger partial charge in [0.1, 0.15) is 0 Å². The van der Waals surface area contributed by atoms with Crippen molar-refractivity contribution in [3.8, 4) is 22.3 Å². The van der Waals surface area contributed by atoms with E-state index in [9.17, 15) is 26.3 Å². The van der Waals surface area contributed by atoms with Gasteiger partial charge < -0.3 is 0 Å². The van der Waals surface area contributed by atoms with Gasteiger partial charge in [0.05, 0.1) is 11.1 Å². The zero-order valence-corrected chi connectivity index (χ0v) is 31.7. The Balaban J connectivity index is 1.46. The molecule has 0 unspecified atom stereocenters. The molecule has 58 heavy (non-hydrogen) atoms. The van der Waals surface area contributed by atoms with Gasteiger partial charge >= 0.3 is 0 Å². The molecule has 0 nitrogen and oxygen atoms in total. The van der Waals surface area contributed by atoms with Crippen LogP contribution < -0.4 is 0 Å². The van der Waals surface area contributed by atoms with Gasteiger partial charge in [0.25, 0.3) is 0 Å². The Morgan fingerprint density at radius 3 is 0.862 bits per heavy atom. The lowest BCUT2D eigenvalue weighted by atomic mass is 9.81. The Hall–Kier alpha value is -5.90. The minimum Gasteiger partial charge on any atom is -0.203 e. The molecule has 0 aromatic heterocycles. The molecule has 0 aliphatic heterocycles. The second-order valence-electron chi connectivity index (χ2n) is 17.0. The molecule has 0 radical (unpaired) electrons. The lowest BCUT2D eigenvalue weighted by Crippen LogP contribution is -2.11. The molecule has 0 fully saturated rings. The molecule has 0 aliphatic carbocycles. The van der Waals surface area contributed by atoms with Gasteiger partial charge in [-0.25, -0.2) is 43.9 Å². The van der Waals surface area contributed by atoms with Crippen molar-refractivity contribution >= 4 is 64.6 Å². The van der Waals surface area contributed by atoms with Gasteiger partial charge in [0, 0.05) is 0 Å². The fourth-order valence-electron chi connectivity index (χ4n) is 8.35. The van der Waals surface area contributed by atoms with Crippen LogP contribution in [0.4, 0.5) is 43.9 Å². The summed E-state index contributed by atoms with van der Waals surface area (Å²) in [5.41, 5.74) is -1.89. The Kier molecular flexibility index (Phi) is 7.99. The van der Waals surface area contributed by atoms with Crippen molar-refractivity contribution in [3.05, 3.63) is 142 Å². The van der Waals surface area contributed by atoms with Crippen molar-refractivity contribution in [2.45, 2.75) is 52.4 Å². The first-order valence-electron chi connectivity index (χ1n) is 18.3. The second-order valence-corrected chi connectivity index (χ2v) is 17.0. The molecular weight excluding hydrogens is 767 g/mol. The molecule has 0 spiro atoms. The summed E-state index contributed by atoms with van der Waals surface area (Å²) < 4.78 is 148. The largest absolute Gasteiger partial charge is 0.203 e. The SMILES string of the molecule is CC(C)(C)c1cc2cc(-c3c(F)c(F)c(F)c(F)c3F)cc3cc4c5cc6cc(-c7c(F)c(F)c(F)c(F)c7F)cc7cc(C(C)(C)C)cc(c5ccc4c(c1)c23)c76. The van der Waals surface area contributed by atoms with Crippen molar-refractivity contribution in [1.82, 2.24) is 0 Å². The molecule has 0 saturated heterocycles. The average molecular weight is 797 g/mol. The zero-order valence-electron chi connectivity index (χ0n) is 31.7. The standard InChI is InChI=1S/C48H30F10/c1-47(2,3)25-13-21-9-19(35-37(49)41(53)45(57)42(54)38(35)50)11-23-15-29-27(31(17-25)33(21)23)7-8-28-30(29)16-24-12-20(36-39(51)43(55)46(58)44(56)40(36)52)10-22-14-26(48(4,5)6)18-32(28)34(22)24/h7-18H,1-6H3. The first-order chi connectivity index (χ1) is 27.2. The number of hydrogen-bond acceptors (Lipinski definition) is 0. The normalized spacial score (nSPS) is 12.8. The number of benzene rings is 9. The quantitative estimate of drug-likeness (QED) is 0.0537. The van der Waals surface area contributed by atoms with E-state index in [2.05, 4.69) is 0 Å². The van der Waals surface area contributed by atoms with Crippen LogP contribution in [-0.2, 0) is 10.8 Å². The summed E-state index contributed by atoms with van der Waals surface area (Å²) in [5, 5.41) is 7.43. The van der Waals surface area contributed by atoms with Gasteiger partial charge in [0.15, 0.2) is 46.5 Å². The molecule has 9 aromatic rings. The molecular formula is C48H30F10. The molecule has 0 N–H and O–H groups in total. The fourth-order valence-corrected chi connectivity index (χ4v) is 8.35. The van der Waals surface area contributed by atoms with Crippen molar-refractivity contribution in [3.63, 3.8) is 0 Å². The maximum atomic E-state index is 15.3. The highest BCUT2D eigenvalue weighted by Crippen LogP contribution is 2.46. The fraction of sp³-hybridized carbons (Fsp3) is 0.167. The van der Waals surface area contributed by atoms with Crippen molar-refractivity contribution in [2.75, 3.05) is 0 Å². The summed E-state index contributed by atoms with van der Waals surface area (Å²) in [7, 11) is 0. The number of hydrogen-bond donors (Lipinski definition) is 0. The summed E-state index contributed by atoms with van der Waals surface area (Å²) >= 11 is 0. The monoisotopic (exact) mass is 796 g/mol. The number of fused-ring (bicyclic) bond motifs is 5. The van der Waals surface area contributed by atoms with Crippen LogP contribution in [0.2, 0.25) is 0 Å². The molecule has 9 rings (SSSR count). The maximum absolute atomic E-state index is 15.3. The van der Waals surface area contributed by atoms with Crippen molar-refractivity contribution < 1.29 is 43.9 Å². The molecule has 0 amide bonds. The van der Waals surface area contributed by atoms with Crippen molar-refractivity contribution in [1.29, 1.82) is 0 Å². The van der Waals surface area contributed by atoms with Crippen LogP contribution in [0.1, 0.15) is 52.7 Å². The third-order valence-corrected chi connectivity index (χ3v) is 11.4. The van der Waals surface area contributed by atoms with Gasteiger partial charge in [-0.05, 0) is 146 Å². The van der Waals surface area contributed by atoms with Gasteiger partial charge in [-0.2, -0.15) is 0 Å². The molecule has 0 heterocycles. The Morgan fingerprint density at radius 1 is 0.293 bits per heavy atom. The van der Waals surface area contributed by atoms with E-state index in [4.69, 9.17) is 0 Å². The lowest BCUT2D eigenvalue weighted by molar-refractivity contribution is 0.381. The summed E-state index contributed by atoms with van der Waals surface area (Å²) in [6.45, 7) is 11.8. The first kappa shape index (κ1) is 37.7. The van der Waals surface area contributed by atoms with Crippen LogP contribution in [0.25, 0.3) is 86.9 Å². The van der Waals surface area contributed by atoms with E-state index in [0.29, 0.717) is 43.1 Å². The first-order valence-corrected chi connectivity index (χ1v) is 18.3. The molecule has 0 bridgehead atoms. The van der Waals surface area contributed by atoms with E-state index in [0.717, 1.165) is 32.7 Å². The van der Waals surface area contributed by atoms with Gasteiger partial charge in [-0.3, -0.25) is 0 Å². The molecule has 9 aromatic carbocycles. The van der Waals surface area contributed by atoms with E-state index in [1.165, 1.54) is 24.3 Å². The van der Waals surface area contributed by atoms with E-state index < -0.39 is 80.1 Å². The second kappa shape index (κ2) is 12.3. The van der Waals surface area contributed by atoms with Gasteiger partial charge in [-0.1, -0.05) is 65.8 Å². The predicted octanol–water partition coefficient (Wildman–Crippen LogP) is 15.4. The minimum atomic E-state index is -2.27. The van der Waals surface area contributed by atoms with E-state index in [1.54, 1.807) is 12.1 Å². The summed E-state index contributed by atoms with van der Waals surface area (Å²) in [5.74, 6) is -20.7. The summed E-state index contributed by atoms with van der Waals surface area (Å²) in [6, 6.07) is 20.6. The Morgan fingerprint density at radius 2 is 0.569 bits per heavy atom. The lowest BCUT2D eigenvalue weighted by Gasteiger charge is -2.23. The van der Waals surface area contributed by atoms with Crippen LogP contribution in [0.5, 0.6) is 0 Å². The topological polar surface area (TPSA) is 0 Å². The summed E-state index contributed by atoms with van der Waals surface area (Å²) in [4.78, 5) is 0. The van der Waals surface area contributed by atoms with E-state index in [1.807, 2.05) is 77.9 Å². The third-order valence-electron chi connectivity index (χ3n) is 11.4. The molecule has 10 heteroatoms. The van der Waals surface area contributed by atoms with Crippen LogP contribution in [0.15, 0.2) is 72.8 Å². The highest BCUT2D eigenvalue weighted by atomic mass is 19.2. The van der Waals surface area contributed by atoms with Gasteiger partial charge in [-0.15, -0.1) is 0 Å². The Bertz CT molecular complexity index is 3020. The average Bonchev–Trinajstić information content (AvgIpc) is 3.17. The Labute approximate surface area is 324 Å². The zero-order chi connectivity index (χ0) is 41.7. The third kappa shape index (κ3) is 5.29.